The molecule has 0 bridgehead atoms. The van der Waals surface area contributed by atoms with Crippen LogP contribution >= 0.6 is 0 Å². The minimum absolute atomic E-state index is 0.169. The molecule has 0 radical (unpaired) electrons. The van der Waals surface area contributed by atoms with Gasteiger partial charge in [0.05, 0.1) is 11.6 Å². The van der Waals surface area contributed by atoms with Crippen molar-refractivity contribution in [3.05, 3.63) is 34.3 Å². The van der Waals surface area contributed by atoms with E-state index in [0.29, 0.717) is 17.6 Å². The molecule has 0 aliphatic carbocycles. The Morgan fingerprint density at radius 2 is 2.33 bits per heavy atom. The van der Waals surface area contributed by atoms with Crippen molar-refractivity contribution in [2.24, 2.45) is 0 Å². The Morgan fingerprint density at radius 1 is 1.50 bits per heavy atom. The van der Waals surface area contributed by atoms with Gasteiger partial charge in [-0.25, -0.2) is 4.79 Å². The maximum atomic E-state index is 11.3. The van der Waals surface area contributed by atoms with E-state index in [4.69, 9.17) is 9.68 Å². The van der Waals surface area contributed by atoms with Crippen LogP contribution in [0.2, 0.25) is 0 Å². The van der Waals surface area contributed by atoms with Gasteiger partial charge in [-0.05, 0) is 17.7 Å². The number of carbonyl (C=O) groups excluding carboxylic acids is 1. The highest BCUT2D eigenvalue weighted by Crippen LogP contribution is 2.11. The van der Waals surface area contributed by atoms with Crippen LogP contribution < -0.4 is 11.1 Å². The fourth-order valence-electron chi connectivity index (χ4n) is 1.57. The van der Waals surface area contributed by atoms with Gasteiger partial charge >= 0.3 is 5.76 Å². The third-order valence-electron chi connectivity index (χ3n) is 2.44. The van der Waals surface area contributed by atoms with E-state index >= 15 is 0 Å². The van der Waals surface area contributed by atoms with Gasteiger partial charge in [0.1, 0.15) is 0 Å². The number of fused-ring (bicyclic) bond motifs is 1. The normalized spacial score (nSPS) is 10.2. The maximum absolute atomic E-state index is 11.3. The molecule has 1 amide bonds. The van der Waals surface area contributed by atoms with Crippen LogP contribution in [0.15, 0.2) is 27.4 Å². The minimum atomic E-state index is -0.500. The number of hydrogen-bond donors (Lipinski definition) is 2. The van der Waals surface area contributed by atoms with Gasteiger partial charge in [-0.2, -0.15) is 5.26 Å². The first kappa shape index (κ1) is 11.9. The van der Waals surface area contributed by atoms with E-state index in [1.807, 2.05) is 6.07 Å². The first-order valence-electron chi connectivity index (χ1n) is 5.44. The van der Waals surface area contributed by atoms with Crippen LogP contribution in [0.3, 0.4) is 0 Å². The lowest BCUT2D eigenvalue weighted by Crippen LogP contribution is -2.22. The summed E-state index contributed by atoms with van der Waals surface area (Å²) in [6.07, 6.45) is 0.404. The topological polar surface area (TPSA) is 98.9 Å². The van der Waals surface area contributed by atoms with Crippen LogP contribution in [0.1, 0.15) is 18.4 Å². The standard InChI is InChI=1S/C12H11N3O3/c13-5-1-2-11(16)14-7-8-3-4-10-9(6-8)15-12(17)18-10/h3-4,6H,1-2,7H2,(H,14,16)(H,15,17). The number of nitriles is 1. The SMILES string of the molecule is N#CCCC(=O)NCc1ccc2oc(=O)[nH]c2c1. The lowest BCUT2D eigenvalue weighted by Gasteiger charge is -2.03. The maximum Gasteiger partial charge on any atom is 0.417 e. The fraction of sp³-hybridized carbons (Fsp3) is 0.250. The molecule has 0 aliphatic rings. The van der Waals surface area contributed by atoms with Gasteiger partial charge in [-0.15, -0.1) is 0 Å². The van der Waals surface area contributed by atoms with Crippen molar-refractivity contribution in [1.82, 2.24) is 10.3 Å². The van der Waals surface area contributed by atoms with E-state index in [1.165, 1.54) is 0 Å². The van der Waals surface area contributed by atoms with Crippen molar-refractivity contribution in [1.29, 1.82) is 5.26 Å². The molecule has 0 spiro atoms. The van der Waals surface area contributed by atoms with Gasteiger partial charge in [0.15, 0.2) is 5.58 Å². The highest BCUT2D eigenvalue weighted by molar-refractivity contribution is 5.76. The summed E-state index contributed by atoms with van der Waals surface area (Å²) in [6.45, 7) is 0.355. The number of nitrogens with one attached hydrogen (secondary N) is 2. The van der Waals surface area contributed by atoms with Crippen molar-refractivity contribution in [3.8, 4) is 6.07 Å². The highest BCUT2D eigenvalue weighted by atomic mass is 16.4. The molecule has 0 unspecified atom stereocenters. The molecular weight excluding hydrogens is 234 g/mol. The summed E-state index contributed by atoms with van der Waals surface area (Å²) in [5, 5.41) is 11.0. The Balaban J connectivity index is 2.01. The van der Waals surface area contributed by atoms with Gasteiger partial charge in [-0.1, -0.05) is 6.07 Å². The summed E-state index contributed by atoms with van der Waals surface area (Å²) in [4.78, 5) is 24.8. The van der Waals surface area contributed by atoms with Crippen molar-refractivity contribution in [2.75, 3.05) is 0 Å². The molecule has 1 heterocycles. The number of aromatic amines is 1. The van der Waals surface area contributed by atoms with E-state index in [2.05, 4.69) is 10.3 Å². The Hall–Kier alpha value is -2.55. The average molecular weight is 245 g/mol. The first-order valence-corrected chi connectivity index (χ1v) is 5.44. The molecule has 0 aliphatic heterocycles. The van der Waals surface area contributed by atoms with E-state index in [-0.39, 0.29) is 18.7 Å². The summed E-state index contributed by atoms with van der Waals surface area (Å²) in [7, 11) is 0. The summed E-state index contributed by atoms with van der Waals surface area (Å²) < 4.78 is 4.87. The number of aromatic nitrogens is 1. The largest absolute Gasteiger partial charge is 0.417 e. The average Bonchev–Trinajstić information content (AvgIpc) is 2.73. The molecule has 6 heteroatoms. The predicted molar refractivity (Wildman–Crippen MR) is 63.5 cm³/mol. The molecule has 92 valence electrons. The van der Waals surface area contributed by atoms with Gasteiger partial charge in [-0.3, -0.25) is 9.78 Å². The number of H-pyrrole nitrogens is 1. The van der Waals surface area contributed by atoms with Crippen molar-refractivity contribution in [2.45, 2.75) is 19.4 Å². The predicted octanol–water partition coefficient (Wildman–Crippen LogP) is 1.04. The number of carbonyl (C=O) groups is 1. The molecule has 2 rings (SSSR count). The molecule has 0 fully saturated rings. The van der Waals surface area contributed by atoms with Gasteiger partial charge in [0.25, 0.3) is 0 Å². The number of rotatable bonds is 4. The molecule has 1 aromatic heterocycles. The number of amides is 1. The van der Waals surface area contributed by atoms with Crippen LogP contribution in [-0.2, 0) is 11.3 Å². The Bertz CT molecular complexity index is 663. The van der Waals surface area contributed by atoms with Gasteiger partial charge < -0.3 is 9.73 Å². The second kappa shape index (κ2) is 5.19. The van der Waals surface area contributed by atoms with Crippen LogP contribution in [0.25, 0.3) is 11.1 Å². The lowest BCUT2D eigenvalue weighted by molar-refractivity contribution is -0.121. The zero-order valence-electron chi connectivity index (χ0n) is 9.53. The highest BCUT2D eigenvalue weighted by Gasteiger charge is 2.04. The van der Waals surface area contributed by atoms with E-state index < -0.39 is 5.76 Å². The fourth-order valence-corrected chi connectivity index (χ4v) is 1.57. The van der Waals surface area contributed by atoms with E-state index in [0.717, 1.165) is 5.56 Å². The number of nitrogens with zero attached hydrogens (tertiary/aromatic N) is 1. The third kappa shape index (κ3) is 2.77. The summed E-state index contributed by atoms with van der Waals surface area (Å²) in [6, 6.07) is 7.09. The molecule has 6 nitrogen and oxygen atoms in total. The quantitative estimate of drug-likeness (QED) is 0.840. The summed E-state index contributed by atoms with van der Waals surface area (Å²) >= 11 is 0. The smallest absolute Gasteiger partial charge is 0.408 e. The zero-order chi connectivity index (χ0) is 13.0. The van der Waals surface area contributed by atoms with Crippen molar-refractivity contribution >= 4 is 17.0 Å². The molecule has 1 aromatic carbocycles. The first-order chi connectivity index (χ1) is 8.69. The second-order valence-electron chi connectivity index (χ2n) is 3.78. The molecule has 0 atom stereocenters. The zero-order valence-corrected chi connectivity index (χ0v) is 9.53. The molecular formula is C12H11N3O3. The van der Waals surface area contributed by atoms with Crippen LogP contribution in [0.4, 0.5) is 0 Å². The molecule has 2 aromatic rings. The van der Waals surface area contributed by atoms with Gasteiger partial charge in [0.2, 0.25) is 5.91 Å². The van der Waals surface area contributed by atoms with E-state index in [1.54, 1.807) is 18.2 Å². The molecule has 2 N–H and O–H groups in total. The number of oxazole rings is 1. The van der Waals surface area contributed by atoms with E-state index in [9.17, 15) is 9.59 Å². The van der Waals surface area contributed by atoms with Gasteiger partial charge in [0, 0.05) is 19.4 Å². The Kier molecular flexibility index (Phi) is 3.44. The van der Waals surface area contributed by atoms with Crippen molar-refractivity contribution in [3.63, 3.8) is 0 Å². The van der Waals surface area contributed by atoms with Crippen LogP contribution in [-0.4, -0.2) is 10.9 Å². The second-order valence-corrected chi connectivity index (χ2v) is 3.78. The molecule has 0 saturated carbocycles. The monoisotopic (exact) mass is 245 g/mol. The molecule has 0 saturated heterocycles. The summed E-state index contributed by atoms with van der Waals surface area (Å²) in [5.41, 5.74) is 1.94. The van der Waals surface area contributed by atoms with Crippen LogP contribution in [0, 0.1) is 11.3 Å². The van der Waals surface area contributed by atoms with Crippen LogP contribution in [0.5, 0.6) is 0 Å². The van der Waals surface area contributed by atoms with Crippen molar-refractivity contribution < 1.29 is 9.21 Å². The molecule has 18 heavy (non-hydrogen) atoms. The minimum Gasteiger partial charge on any atom is -0.408 e. The third-order valence-corrected chi connectivity index (χ3v) is 2.44. The number of hydrogen-bond acceptors (Lipinski definition) is 4. The Labute approximate surface area is 102 Å². The Morgan fingerprint density at radius 3 is 3.11 bits per heavy atom. The number of benzene rings is 1. The summed E-state index contributed by atoms with van der Waals surface area (Å²) in [5.74, 6) is -0.669. The lowest BCUT2D eigenvalue weighted by atomic mass is 10.2.